The third kappa shape index (κ3) is 3.56. The lowest BCUT2D eigenvalue weighted by atomic mass is 10.0. The van der Waals surface area contributed by atoms with E-state index in [1.54, 1.807) is 6.33 Å². The largest absolute Gasteiger partial charge is 0.347 e. The van der Waals surface area contributed by atoms with Gasteiger partial charge in [-0.1, -0.05) is 6.92 Å². The second-order valence-corrected chi connectivity index (χ2v) is 9.42. The lowest BCUT2D eigenvalue weighted by molar-refractivity contribution is 0.0327. The van der Waals surface area contributed by atoms with Crippen molar-refractivity contribution in [1.82, 2.24) is 29.3 Å². The molecule has 0 amide bonds. The van der Waals surface area contributed by atoms with Gasteiger partial charge in [0.05, 0.1) is 24.4 Å². The van der Waals surface area contributed by atoms with Crippen molar-refractivity contribution in [2.45, 2.75) is 45.1 Å². The fourth-order valence-corrected chi connectivity index (χ4v) is 6.24. The molecule has 2 atom stereocenters. The summed E-state index contributed by atoms with van der Waals surface area (Å²) in [7, 11) is -3.01. The number of rotatable bonds is 6. The lowest BCUT2D eigenvalue weighted by Crippen LogP contribution is -2.58. The third-order valence-electron chi connectivity index (χ3n) is 5.45. The summed E-state index contributed by atoms with van der Waals surface area (Å²) in [5, 5.41) is 0. The van der Waals surface area contributed by atoms with Crippen molar-refractivity contribution >= 4 is 9.84 Å². The summed E-state index contributed by atoms with van der Waals surface area (Å²) >= 11 is 0. The number of aromatic amines is 1. The number of piperazine rings is 1. The standard InChI is InChI=1S/C17H26N6O2S/c1-2-4-21-5-3-19-17(21)10-23-7-6-22(9-14-8-18-13-20-14)15-11-26(24,25)12-16(15)23/h3,5,8,13,15-16H,2,4,6-7,9-12H2,1H3,(H,18,20)/t15-,16+/m1/s1. The van der Waals surface area contributed by atoms with Crippen LogP contribution in [0.4, 0.5) is 0 Å². The van der Waals surface area contributed by atoms with E-state index in [1.807, 2.05) is 18.6 Å². The minimum absolute atomic E-state index is 0.0310. The Balaban J connectivity index is 1.52. The van der Waals surface area contributed by atoms with Gasteiger partial charge in [0.1, 0.15) is 5.82 Å². The number of hydrogen-bond acceptors (Lipinski definition) is 6. The van der Waals surface area contributed by atoms with Crippen molar-refractivity contribution in [2.24, 2.45) is 0 Å². The van der Waals surface area contributed by atoms with Crippen LogP contribution in [0.2, 0.25) is 0 Å². The molecule has 0 radical (unpaired) electrons. The third-order valence-corrected chi connectivity index (χ3v) is 7.14. The van der Waals surface area contributed by atoms with Gasteiger partial charge in [0.2, 0.25) is 0 Å². The maximum atomic E-state index is 12.4. The molecule has 0 saturated carbocycles. The smallest absolute Gasteiger partial charge is 0.153 e. The van der Waals surface area contributed by atoms with E-state index in [4.69, 9.17) is 0 Å². The molecule has 9 heteroatoms. The first-order chi connectivity index (χ1) is 12.6. The molecular weight excluding hydrogens is 352 g/mol. The number of aryl methyl sites for hydroxylation is 1. The van der Waals surface area contributed by atoms with Gasteiger partial charge in [-0.15, -0.1) is 0 Å². The monoisotopic (exact) mass is 378 g/mol. The highest BCUT2D eigenvalue weighted by atomic mass is 32.2. The molecular formula is C17H26N6O2S. The Morgan fingerprint density at radius 2 is 1.92 bits per heavy atom. The van der Waals surface area contributed by atoms with Crippen LogP contribution in [-0.4, -0.2) is 74.4 Å². The fraction of sp³-hybridized carbons (Fsp3) is 0.647. The summed E-state index contributed by atoms with van der Waals surface area (Å²) in [5.74, 6) is 1.51. The maximum absolute atomic E-state index is 12.4. The van der Waals surface area contributed by atoms with Gasteiger partial charge in [0.15, 0.2) is 9.84 Å². The van der Waals surface area contributed by atoms with Crippen LogP contribution in [0.5, 0.6) is 0 Å². The Hall–Kier alpha value is -1.71. The minimum Gasteiger partial charge on any atom is -0.347 e. The predicted octanol–water partition coefficient (Wildman–Crippen LogP) is 0.500. The van der Waals surface area contributed by atoms with Gasteiger partial charge in [-0.05, 0) is 6.42 Å². The number of aromatic nitrogens is 4. The second-order valence-electron chi connectivity index (χ2n) is 7.27. The molecule has 26 heavy (non-hydrogen) atoms. The van der Waals surface area contributed by atoms with Crippen molar-refractivity contribution in [3.63, 3.8) is 0 Å². The van der Waals surface area contributed by atoms with E-state index >= 15 is 0 Å². The summed E-state index contributed by atoms with van der Waals surface area (Å²) in [4.78, 5) is 16.3. The number of imidazole rings is 2. The highest BCUT2D eigenvalue weighted by Crippen LogP contribution is 2.29. The first-order valence-electron chi connectivity index (χ1n) is 9.21. The average molecular weight is 379 g/mol. The number of fused-ring (bicyclic) bond motifs is 1. The van der Waals surface area contributed by atoms with E-state index in [2.05, 4.69) is 36.2 Å². The first-order valence-corrected chi connectivity index (χ1v) is 11.0. The highest BCUT2D eigenvalue weighted by Gasteiger charge is 2.46. The zero-order valence-electron chi connectivity index (χ0n) is 15.1. The molecule has 4 heterocycles. The van der Waals surface area contributed by atoms with E-state index < -0.39 is 9.84 Å². The van der Waals surface area contributed by atoms with E-state index in [0.29, 0.717) is 6.54 Å². The molecule has 0 aromatic carbocycles. The Bertz CT molecular complexity index is 831. The van der Waals surface area contributed by atoms with Crippen LogP contribution in [-0.2, 0) is 29.5 Å². The molecule has 2 aliphatic heterocycles. The maximum Gasteiger partial charge on any atom is 0.153 e. The molecule has 8 nitrogen and oxygen atoms in total. The van der Waals surface area contributed by atoms with Crippen LogP contribution in [0, 0.1) is 0 Å². The van der Waals surface area contributed by atoms with Gasteiger partial charge in [-0.25, -0.2) is 18.4 Å². The van der Waals surface area contributed by atoms with Crippen molar-refractivity contribution in [3.05, 3.63) is 36.4 Å². The van der Waals surface area contributed by atoms with Crippen molar-refractivity contribution in [2.75, 3.05) is 24.6 Å². The van der Waals surface area contributed by atoms with Gasteiger partial charge in [-0.3, -0.25) is 9.80 Å². The molecule has 2 saturated heterocycles. The van der Waals surface area contributed by atoms with Gasteiger partial charge in [0, 0.05) is 62.5 Å². The summed E-state index contributed by atoms with van der Waals surface area (Å²) in [6.07, 6.45) is 8.38. The quantitative estimate of drug-likeness (QED) is 0.788. The molecule has 2 aromatic heterocycles. The van der Waals surface area contributed by atoms with Gasteiger partial charge in [0.25, 0.3) is 0 Å². The van der Waals surface area contributed by atoms with E-state index in [1.165, 1.54) is 0 Å². The molecule has 1 N–H and O–H groups in total. The minimum atomic E-state index is -3.01. The van der Waals surface area contributed by atoms with E-state index in [9.17, 15) is 8.42 Å². The second kappa shape index (κ2) is 7.13. The van der Waals surface area contributed by atoms with Crippen molar-refractivity contribution in [1.29, 1.82) is 0 Å². The zero-order chi connectivity index (χ0) is 18.1. The fourth-order valence-electron chi connectivity index (χ4n) is 4.20. The van der Waals surface area contributed by atoms with Gasteiger partial charge < -0.3 is 9.55 Å². The molecule has 0 unspecified atom stereocenters. The average Bonchev–Trinajstić information content (AvgIpc) is 3.31. The topological polar surface area (TPSA) is 87.1 Å². The molecule has 4 rings (SSSR count). The summed E-state index contributed by atoms with van der Waals surface area (Å²) < 4.78 is 26.9. The Morgan fingerprint density at radius 1 is 1.19 bits per heavy atom. The van der Waals surface area contributed by atoms with Crippen LogP contribution in [0.15, 0.2) is 24.9 Å². The number of H-pyrrole nitrogens is 1. The van der Waals surface area contributed by atoms with Crippen LogP contribution in [0.3, 0.4) is 0 Å². The molecule has 142 valence electrons. The molecule has 2 aromatic rings. The first kappa shape index (κ1) is 17.7. The molecule has 0 bridgehead atoms. The Labute approximate surface area is 154 Å². The summed E-state index contributed by atoms with van der Waals surface area (Å²) in [5.41, 5.74) is 1.03. The number of hydrogen-bond donors (Lipinski definition) is 1. The van der Waals surface area contributed by atoms with Gasteiger partial charge >= 0.3 is 0 Å². The SMILES string of the molecule is CCCn1ccnc1CN1CCN(Cc2cnc[nH]2)[C@@H]2CS(=O)(=O)C[C@@H]21. The number of nitrogens with zero attached hydrogens (tertiary/aromatic N) is 5. The van der Waals surface area contributed by atoms with Crippen LogP contribution in [0.1, 0.15) is 24.9 Å². The Morgan fingerprint density at radius 3 is 2.58 bits per heavy atom. The van der Waals surface area contributed by atoms with Crippen molar-refractivity contribution in [3.8, 4) is 0 Å². The normalized spacial score (nSPS) is 26.2. The number of nitrogens with one attached hydrogen (secondary N) is 1. The predicted molar refractivity (Wildman–Crippen MR) is 98.2 cm³/mol. The molecule has 2 fully saturated rings. The summed E-state index contributed by atoms with van der Waals surface area (Å²) in [6.45, 7) is 6.23. The molecule has 2 aliphatic rings. The van der Waals surface area contributed by atoms with Crippen molar-refractivity contribution < 1.29 is 8.42 Å². The highest BCUT2D eigenvalue weighted by molar-refractivity contribution is 7.91. The van der Waals surface area contributed by atoms with E-state index in [0.717, 1.165) is 44.1 Å². The zero-order valence-corrected chi connectivity index (χ0v) is 15.9. The van der Waals surface area contributed by atoms with E-state index in [-0.39, 0.29) is 23.6 Å². The molecule has 0 spiro atoms. The lowest BCUT2D eigenvalue weighted by Gasteiger charge is -2.43. The Kier molecular flexibility index (Phi) is 4.85. The van der Waals surface area contributed by atoms with Crippen LogP contribution in [0.25, 0.3) is 0 Å². The van der Waals surface area contributed by atoms with Gasteiger partial charge in [-0.2, -0.15) is 0 Å². The van der Waals surface area contributed by atoms with Crippen LogP contribution >= 0.6 is 0 Å². The molecule has 0 aliphatic carbocycles. The summed E-state index contributed by atoms with van der Waals surface area (Å²) in [6, 6.07) is 0.0649. The van der Waals surface area contributed by atoms with Crippen LogP contribution < -0.4 is 0 Å². The number of sulfone groups is 1.